The Morgan fingerprint density at radius 3 is 2.13 bits per heavy atom. The number of aryl methyl sites for hydroxylation is 1. The number of benzene rings is 1. The first-order valence-electron chi connectivity index (χ1n) is 9.30. The Kier molecular flexibility index (Phi) is 5.63. The van der Waals surface area contributed by atoms with Gasteiger partial charge in [0.2, 0.25) is 0 Å². The Morgan fingerprint density at radius 2 is 1.45 bits per heavy atom. The largest absolute Gasteiger partial charge is 0.338 e. The van der Waals surface area contributed by atoms with Crippen molar-refractivity contribution in [3.8, 4) is 32.3 Å². The molecule has 2 unspecified atom stereocenters. The molecule has 0 saturated carbocycles. The van der Waals surface area contributed by atoms with Crippen molar-refractivity contribution in [2.75, 3.05) is 0 Å². The number of thiophene rings is 2. The molecule has 0 radical (unpaired) electrons. The van der Waals surface area contributed by atoms with Gasteiger partial charge in [-0.25, -0.2) is 9.97 Å². The fourth-order valence-electron chi connectivity index (χ4n) is 3.39. The summed E-state index contributed by atoms with van der Waals surface area (Å²) in [6.45, 7) is 2.09. The van der Waals surface area contributed by atoms with Gasteiger partial charge < -0.3 is 9.97 Å². The fraction of sp³-hybridized carbons (Fsp3) is 0.0476. The second kappa shape index (κ2) is 8.56. The molecule has 0 fully saturated rings. The first-order chi connectivity index (χ1) is 15.1. The van der Waals surface area contributed by atoms with Crippen molar-refractivity contribution in [3.05, 3.63) is 48.3 Å². The predicted molar refractivity (Wildman–Crippen MR) is 134 cm³/mol. The first-order valence-corrected chi connectivity index (χ1v) is 13.1. The third-order valence-electron chi connectivity index (χ3n) is 4.82. The summed E-state index contributed by atoms with van der Waals surface area (Å²) in [5.74, 6) is 0. The summed E-state index contributed by atoms with van der Waals surface area (Å²) in [5.41, 5.74) is 6.73. The van der Waals surface area contributed by atoms with Crippen LogP contribution < -0.4 is 11.1 Å². The minimum atomic E-state index is 0.0462. The van der Waals surface area contributed by atoms with Crippen LogP contribution in [0, 0.1) is 6.92 Å². The van der Waals surface area contributed by atoms with Crippen molar-refractivity contribution in [1.29, 1.82) is 0 Å². The number of carbonyl (C=O) groups excluding carboxylic acids is 2. The highest BCUT2D eigenvalue weighted by Gasteiger charge is 2.13. The topological polar surface area (TPSA) is 91.5 Å². The van der Waals surface area contributed by atoms with Crippen molar-refractivity contribution in [3.63, 3.8) is 0 Å². The van der Waals surface area contributed by atoms with Gasteiger partial charge in [0.25, 0.3) is 0 Å². The molecule has 4 aromatic heterocycles. The van der Waals surface area contributed by atoms with Gasteiger partial charge in [-0.2, -0.15) is 0 Å². The molecular weight excluding hydrogens is 466 g/mol. The van der Waals surface area contributed by atoms with Crippen LogP contribution in [0.3, 0.4) is 0 Å². The first kappa shape index (κ1) is 20.4. The number of hydrogen-bond acceptors (Lipinski definition) is 6. The monoisotopic (exact) mass is 482 g/mol. The lowest BCUT2D eigenvalue weighted by molar-refractivity contribution is 0.569. The van der Waals surface area contributed by atoms with Gasteiger partial charge in [0.1, 0.15) is 23.2 Å². The lowest BCUT2D eigenvalue weighted by Crippen LogP contribution is -1.98. The molecule has 0 aliphatic rings. The van der Waals surface area contributed by atoms with Crippen LogP contribution in [0.2, 0.25) is 0 Å². The van der Waals surface area contributed by atoms with Gasteiger partial charge in [0.15, 0.2) is 0 Å². The summed E-state index contributed by atoms with van der Waals surface area (Å²) in [6.07, 6.45) is 3.58. The van der Waals surface area contributed by atoms with Crippen molar-refractivity contribution in [1.82, 2.24) is 19.9 Å². The number of aromatic nitrogens is 4. The third-order valence-corrected chi connectivity index (χ3v) is 8.48. The van der Waals surface area contributed by atoms with E-state index in [1.165, 1.54) is 19.8 Å². The average molecular weight is 482 g/mol. The molecule has 1 aromatic carbocycles. The highest BCUT2D eigenvalue weighted by Crippen LogP contribution is 2.41. The second-order valence-corrected chi connectivity index (χ2v) is 11.0. The molecule has 154 valence electrons. The molecule has 10 heteroatoms. The minimum absolute atomic E-state index is 0.0462. The number of fused-ring (bicyclic) bond motifs is 1. The maximum absolute atomic E-state index is 10.7. The lowest BCUT2D eigenvalue weighted by atomic mass is 10.0. The van der Waals surface area contributed by atoms with E-state index in [0.717, 1.165) is 39.4 Å². The van der Waals surface area contributed by atoms with Crippen molar-refractivity contribution in [2.45, 2.75) is 6.92 Å². The molecule has 0 bridgehead atoms. The van der Waals surface area contributed by atoms with E-state index in [-0.39, 0.29) is 17.2 Å². The summed E-state index contributed by atoms with van der Waals surface area (Å²) in [6, 6.07) is 12.6. The molecule has 0 saturated heterocycles. The predicted octanol–water partition coefficient (Wildman–Crippen LogP) is 4.71. The van der Waals surface area contributed by atoms with E-state index in [9.17, 15) is 9.59 Å². The van der Waals surface area contributed by atoms with Crippen LogP contribution in [0.1, 0.15) is 5.56 Å². The Hall–Kier alpha value is -2.50. The van der Waals surface area contributed by atoms with E-state index >= 15 is 0 Å². The van der Waals surface area contributed by atoms with Crippen LogP contribution in [0.15, 0.2) is 42.7 Å². The molecule has 0 aliphatic carbocycles. The van der Waals surface area contributed by atoms with Gasteiger partial charge in [-0.3, -0.25) is 9.59 Å². The Labute approximate surface area is 189 Å². The molecule has 0 spiro atoms. The third kappa shape index (κ3) is 4.04. The van der Waals surface area contributed by atoms with Crippen LogP contribution in [0.4, 0.5) is 0 Å². The minimum Gasteiger partial charge on any atom is -0.338 e. The molecule has 2 N–H and O–H groups in total. The van der Waals surface area contributed by atoms with Crippen molar-refractivity contribution >= 4 is 72.4 Å². The number of imidazole rings is 2. The molecular formula is C21H16N4O2P2S2. The number of nitrogens with one attached hydrogen (secondary N) is 2. The van der Waals surface area contributed by atoms with Crippen LogP contribution in [0.25, 0.3) is 41.7 Å². The van der Waals surface area contributed by atoms with Gasteiger partial charge in [-0.15, -0.1) is 22.7 Å². The maximum atomic E-state index is 10.7. The molecule has 5 rings (SSSR count). The normalized spacial score (nSPS) is 12.0. The Morgan fingerprint density at radius 1 is 0.839 bits per heavy atom. The Bertz CT molecular complexity index is 1380. The highest BCUT2D eigenvalue weighted by atomic mass is 32.1. The summed E-state index contributed by atoms with van der Waals surface area (Å²) < 4.78 is 2.47. The average Bonchev–Trinajstić information content (AvgIpc) is 3.51. The lowest BCUT2D eigenvalue weighted by Gasteiger charge is -2.06. The van der Waals surface area contributed by atoms with Gasteiger partial charge in [-0.05, 0) is 36.2 Å². The molecule has 0 amide bonds. The van der Waals surface area contributed by atoms with E-state index in [1.54, 1.807) is 35.1 Å². The van der Waals surface area contributed by atoms with Gasteiger partial charge in [0, 0.05) is 37.0 Å². The van der Waals surface area contributed by atoms with Gasteiger partial charge >= 0.3 is 0 Å². The Balaban J connectivity index is 1.42. The van der Waals surface area contributed by atoms with E-state index in [1.807, 2.05) is 0 Å². The molecule has 2 atom stereocenters. The van der Waals surface area contributed by atoms with Gasteiger partial charge in [0.05, 0.1) is 28.7 Å². The van der Waals surface area contributed by atoms with Crippen molar-refractivity contribution < 1.29 is 9.59 Å². The quantitative estimate of drug-likeness (QED) is 0.260. The molecule has 6 nitrogen and oxygen atoms in total. The number of H-pyrrole nitrogens is 2. The molecule has 4 heterocycles. The highest BCUT2D eigenvalue weighted by molar-refractivity contribution is 7.62. The van der Waals surface area contributed by atoms with Crippen LogP contribution in [-0.2, 0) is 9.59 Å². The zero-order valence-corrected chi connectivity index (χ0v) is 19.9. The van der Waals surface area contributed by atoms with E-state index in [4.69, 9.17) is 0 Å². The maximum Gasteiger partial charge on any atom is 0.146 e. The summed E-state index contributed by atoms with van der Waals surface area (Å²) >= 11 is 3.49. The smallest absolute Gasteiger partial charge is 0.146 e. The van der Waals surface area contributed by atoms with E-state index in [0.29, 0.717) is 11.1 Å². The van der Waals surface area contributed by atoms with Crippen molar-refractivity contribution in [2.24, 2.45) is 0 Å². The second-order valence-electron chi connectivity index (χ2n) is 6.79. The van der Waals surface area contributed by atoms with Crippen LogP contribution in [0.5, 0.6) is 0 Å². The number of nitrogens with zero attached hydrogens (tertiary/aromatic N) is 2. The number of hydrogen-bond donors (Lipinski definition) is 2. The SMILES string of the molecule is Cc1cc(-c2cc3sc(-c4cnc(PC=O)[nH]4)cc3s2)ccc1-c1cnc(PC=O)[nH]1. The van der Waals surface area contributed by atoms with E-state index < -0.39 is 0 Å². The zero-order chi connectivity index (χ0) is 21.4. The van der Waals surface area contributed by atoms with Gasteiger partial charge in [-0.1, -0.05) is 12.1 Å². The van der Waals surface area contributed by atoms with Crippen LogP contribution in [-0.4, -0.2) is 32.0 Å². The van der Waals surface area contributed by atoms with E-state index in [2.05, 4.69) is 57.2 Å². The molecule has 31 heavy (non-hydrogen) atoms. The summed E-state index contributed by atoms with van der Waals surface area (Å²) in [7, 11) is 0.101. The number of rotatable bonds is 7. The zero-order valence-electron chi connectivity index (χ0n) is 16.2. The summed E-state index contributed by atoms with van der Waals surface area (Å²) in [4.78, 5) is 38.7. The number of aromatic amines is 2. The standard InChI is InChI=1S/C21H16N4O2P2S2/c1-11-4-12(2-3-13(11)14-7-22-20(24-14)28-9-26)16-5-18-19(30-16)6-17(31-18)15-8-23-21(25-15)29-10-27/h2-10,28-29H,1H3,(H,22,24)(H,23,25). The summed E-state index contributed by atoms with van der Waals surface area (Å²) in [5, 5.41) is 0. The molecule has 5 aromatic rings. The van der Waals surface area contributed by atoms with Crippen LogP contribution >= 0.6 is 39.8 Å². The fourth-order valence-corrected chi connectivity index (χ4v) is 6.67. The molecule has 0 aliphatic heterocycles. The number of carbonyl (C=O) groups is 2.